The topological polar surface area (TPSA) is 116 Å². The Balaban J connectivity index is 1.97. The van der Waals surface area contributed by atoms with Gasteiger partial charge in [-0.05, 0) is 24.3 Å². The Hall–Kier alpha value is -3.62. The van der Waals surface area contributed by atoms with Gasteiger partial charge in [-0.15, -0.1) is 0 Å². The van der Waals surface area contributed by atoms with Crippen molar-refractivity contribution in [2.24, 2.45) is 0 Å². The van der Waals surface area contributed by atoms with E-state index < -0.39 is 4.92 Å². The zero-order valence-corrected chi connectivity index (χ0v) is 11.7. The van der Waals surface area contributed by atoms with Gasteiger partial charge in [-0.25, -0.2) is 4.98 Å². The molecule has 0 spiro atoms. The quantitative estimate of drug-likeness (QED) is 0.564. The van der Waals surface area contributed by atoms with Crippen molar-refractivity contribution in [3.8, 4) is 11.6 Å². The SMILES string of the molecule is O=[N+]([O-])c1c(Nc2ccncc2)ncnc1Oc1cccnc1. The first-order chi connectivity index (χ1) is 11.2. The van der Waals surface area contributed by atoms with Gasteiger partial charge in [-0.2, -0.15) is 4.98 Å². The number of hydrogen-bond acceptors (Lipinski definition) is 8. The van der Waals surface area contributed by atoms with Crippen LogP contribution < -0.4 is 10.1 Å². The molecule has 0 saturated heterocycles. The Labute approximate surface area is 130 Å². The number of rotatable bonds is 5. The smallest absolute Gasteiger partial charge is 0.373 e. The van der Waals surface area contributed by atoms with Gasteiger partial charge in [0.15, 0.2) is 0 Å². The molecule has 3 heterocycles. The number of nitro groups is 1. The summed E-state index contributed by atoms with van der Waals surface area (Å²) in [5, 5.41) is 14.3. The minimum Gasteiger partial charge on any atom is -0.432 e. The molecule has 114 valence electrons. The van der Waals surface area contributed by atoms with Gasteiger partial charge >= 0.3 is 11.6 Å². The molecule has 0 fully saturated rings. The van der Waals surface area contributed by atoms with Gasteiger partial charge in [0.25, 0.3) is 0 Å². The van der Waals surface area contributed by atoms with Gasteiger partial charge in [-0.1, -0.05) is 0 Å². The predicted octanol–water partition coefficient (Wildman–Crippen LogP) is 2.71. The lowest BCUT2D eigenvalue weighted by molar-refractivity contribution is -0.385. The number of hydrogen-bond donors (Lipinski definition) is 1. The van der Waals surface area contributed by atoms with Crippen LogP contribution in [0, 0.1) is 10.1 Å². The molecule has 0 bridgehead atoms. The molecule has 0 amide bonds. The molecule has 23 heavy (non-hydrogen) atoms. The molecule has 3 aromatic rings. The van der Waals surface area contributed by atoms with Crippen LogP contribution in [0.25, 0.3) is 0 Å². The molecule has 9 heteroatoms. The molecule has 0 atom stereocenters. The van der Waals surface area contributed by atoms with Crippen LogP contribution in [0.2, 0.25) is 0 Å². The van der Waals surface area contributed by atoms with Crippen LogP contribution in [-0.2, 0) is 0 Å². The van der Waals surface area contributed by atoms with Gasteiger partial charge in [0.1, 0.15) is 12.1 Å². The number of nitrogens with one attached hydrogen (secondary N) is 1. The maximum Gasteiger partial charge on any atom is 0.373 e. The monoisotopic (exact) mass is 310 g/mol. The highest BCUT2D eigenvalue weighted by molar-refractivity contribution is 5.68. The second-order valence-electron chi connectivity index (χ2n) is 4.28. The van der Waals surface area contributed by atoms with Crippen LogP contribution in [0.15, 0.2) is 55.4 Å². The summed E-state index contributed by atoms with van der Waals surface area (Å²) >= 11 is 0. The highest BCUT2D eigenvalue weighted by Crippen LogP contribution is 2.34. The van der Waals surface area contributed by atoms with Crippen LogP contribution in [0.3, 0.4) is 0 Å². The minimum absolute atomic E-state index is 0.0232. The lowest BCUT2D eigenvalue weighted by Gasteiger charge is -2.08. The van der Waals surface area contributed by atoms with E-state index in [1.165, 1.54) is 12.5 Å². The average Bonchev–Trinajstić information content (AvgIpc) is 2.56. The molecule has 0 unspecified atom stereocenters. The summed E-state index contributed by atoms with van der Waals surface area (Å²) in [6.07, 6.45) is 7.30. The lowest BCUT2D eigenvalue weighted by atomic mass is 10.3. The Morgan fingerprint density at radius 3 is 2.61 bits per heavy atom. The van der Waals surface area contributed by atoms with E-state index in [9.17, 15) is 10.1 Å². The average molecular weight is 310 g/mol. The maximum absolute atomic E-state index is 11.4. The van der Waals surface area contributed by atoms with Crippen molar-refractivity contribution in [3.05, 3.63) is 65.5 Å². The normalized spacial score (nSPS) is 10.1. The molecule has 0 radical (unpaired) electrons. The summed E-state index contributed by atoms with van der Waals surface area (Å²) in [6, 6.07) is 6.59. The van der Waals surface area contributed by atoms with Crippen molar-refractivity contribution in [1.82, 2.24) is 19.9 Å². The van der Waals surface area contributed by atoms with E-state index in [2.05, 4.69) is 25.3 Å². The third-order valence-electron chi connectivity index (χ3n) is 2.76. The van der Waals surface area contributed by atoms with Crippen LogP contribution >= 0.6 is 0 Å². The van der Waals surface area contributed by atoms with Crippen molar-refractivity contribution in [3.63, 3.8) is 0 Å². The lowest BCUT2D eigenvalue weighted by Crippen LogP contribution is -2.03. The summed E-state index contributed by atoms with van der Waals surface area (Å²) in [5.74, 6) is 0.189. The number of nitrogens with zero attached hydrogens (tertiary/aromatic N) is 5. The molecular weight excluding hydrogens is 300 g/mol. The molecule has 1 N–H and O–H groups in total. The first kappa shape index (κ1) is 14.3. The van der Waals surface area contributed by atoms with Crippen LogP contribution in [0.5, 0.6) is 11.6 Å². The minimum atomic E-state index is -0.602. The maximum atomic E-state index is 11.4. The molecule has 0 aliphatic carbocycles. The zero-order chi connectivity index (χ0) is 16.1. The zero-order valence-electron chi connectivity index (χ0n) is 11.7. The Kier molecular flexibility index (Phi) is 4.01. The summed E-state index contributed by atoms with van der Waals surface area (Å²) < 4.78 is 5.44. The van der Waals surface area contributed by atoms with E-state index in [1.807, 2.05) is 0 Å². The first-order valence-electron chi connectivity index (χ1n) is 6.48. The van der Waals surface area contributed by atoms with Crippen molar-refractivity contribution in [2.75, 3.05) is 5.32 Å². The Morgan fingerprint density at radius 2 is 1.91 bits per heavy atom. The first-order valence-corrected chi connectivity index (χ1v) is 6.48. The number of pyridine rings is 2. The number of anilines is 2. The number of ether oxygens (including phenoxy) is 1. The van der Waals surface area contributed by atoms with E-state index in [4.69, 9.17) is 4.74 Å². The molecule has 0 saturated carbocycles. The molecule has 3 rings (SSSR count). The molecule has 0 aliphatic rings. The standard InChI is InChI=1S/C14H10N6O3/c21-20(22)12-13(19-10-3-6-15-7-4-10)17-9-18-14(12)23-11-2-1-5-16-8-11/h1-9H,(H,15,17,18,19). The molecule has 9 nitrogen and oxygen atoms in total. The van der Waals surface area contributed by atoms with E-state index in [-0.39, 0.29) is 17.4 Å². The second kappa shape index (κ2) is 6.43. The van der Waals surface area contributed by atoms with Gasteiger partial charge in [-0.3, -0.25) is 20.1 Å². The Bertz CT molecular complexity index is 754. The van der Waals surface area contributed by atoms with Gasteiger partial charge < -0.3 is 10.1 Å². The van der Waals surface area contributed by atoms with Crippen molar-refractivity contribution in [1.29, 1.82) is 0 Å². The third kappa shape index (κ3) is 3.35. The highest BCUT2D eigenvalue weighted by Gasteiger charge is 2.25. The van der Waals surface area contributed by atoms with E-state index >= 15 is 0 Å². The third-order valence-corrected chi connectivity index (χ3v) is 2.76. The van der Waals surface area contributed by atoms with E-state index in [0.717, 1.165) is 0 Å². The van der Waals surface area contributed by atoms with Gasteiger partial charge in [0, 0.05) is 24.3 Å². The van der Waals surface area contributed by atoms with Crippen molar-refractivity contribution < 1.29 is 9.66 Å². The van der Waals surface area contributed by atoms with Gasteiger partial charge in [0.2, 0.25) is 5.82 Å². The molecular formula is C14H10N6O3. The fraction of sp³-hybridized carbons (Fsp3) is 0. The van der Waals surface area contributed by atoms with Crippen LogP contribution in [-0.4, -0.2) is 24.9 Å². The van der Waals surface area contributed by atoms with Gasteiger partial charge in [0.05, 0.1) is 11.1 Å². The van der Waals surface area contributed by atoms with Crippen molar-refractivity contribution >= 4 is 17.2 Å². The molecule has 0 aromatic carbocycles. The Morgan fingerprint density at radius 1 is 1.09 bits per heavy atom. The summed E-state index contributed by atoms with van der Waals surface area (Å²) in [7, 11) is 0. The molecule has 3 aromatic heterocycles. The van der Waals surface area contributed by atoms with Crippen LogP contribution in [0.1, 0.15) is 0 Å². The summed E-state index contributed by atoms with van der Waals surface area (Å²) in [6.45, 7) is 0. The predicted molar refractivity (Wildman–Crippen MR) is 80.5 cm³/mol. The van der Waals surface area contributed by atoms with Crippen molar-refractivity contribution in [2.45, 2.75) is 0 Å². The summed E-state index contributed by atoms with van der Waals surface area (Å²) in [5.41, 5.74) is 0.238. The fourth-order valence-corrected chi connectivity index (χ4v) is 1.78. The van der Waals surface area contributed by atoms with E-state index in [0.29, 0.717) is 11.4 Å². The molecule has 0 aliphatic heterocycles. The number of aromatic nitrogens is 4. The summed E-state index contributed by atoms with van der Waals surface area (Å²) in [4.78, 5) is 26.3. The fourth-order valence-electron chi connectivity index (χ4n) is 1.78. The largest absolute Gasteiger partial charge is 0.432 e. The second-order valence-corrected chi connectivity index (χ2v) is 4.28. The van der Waals surface area contributed by atoms with Crippen LogP contribution in [0.4, 0.5) is 17.2 Å². The highest BCUT2D eigenvalue weighted by atomic mass is 16.6. The van der Waals surface area contributed by atoms with E-state index in [1.54, 1.807) is 42.9 Å².